The van der Waals surface area contributed by atoms with E-state index in [1.807, 2.05) is 18.7 Å². The van der Waals surface area contributed by atoms with Crippen LogP contribution in [0, 0.1) is 0 Å². The number of hydrogen-bond acceptors (Lipinski definition) is 5. The van der Waals surface area contributed by atoms with Crippen molar-refractivity contribution in [3.63, 3.8) is 0 Å². The van der Waals surface area contributed by atoms with Crippen LogP contribution in [0.2, 0.25) is 0 Å². The fourth-order valence-electron chi connectivity index (χ4n) is 2.78. The van der Waals surface area contributed by atoms with Gasteiger partial charge in [-0.1, -0.05) is 0 Å². The highest BCUT2D eigenvalue weighted by molar-refractivity contribution is 8.01. The summed E-state index contributed by atoms with van der Waals surface area (Å²) in [7, 11) is -3.38. The van der Waals surface area contributed by atoms with Crippen LogP contribution in [0.25, 0.3) is 0 Å². The second-order valence-corrected chi connectivity index (χ2v) is 8.66. The number of rotatable bonds is 4. The Balaban J connectivity index is 1.66. The molecule has 0 unspecified atom stereocenters. The summed E-state index contributed by atoms with van der Waals surface area (Å²) in [4.78, 5) is 4.16. The third-order valence-electron chi connectivity index (χ3n) is 3.78. The summed E-state index contributed by atoms with van der Waals surface area (Å²) in [6, 6.07) is 3.25. The van der Waals surface area contributed by atoms with Gasteiger partial charge in [0.1, 0.15) is 4.90 Å². The molecule has 0 saturated carbocycles. The first-order valence-electron chi connectivity index (χ1n) is 6.71. The van der Waals surface area contributed by atoms with Gasteiger partial charge in [0, 0.05) is 42.6 Å². The van der Waals surface area contributed by atoms with E-state index < -0.39 is 10.0 Å². The number of hydrogen-bond donors (Lipinski definition) is 0. The molecule has 0 bridgehead atoms. The van der Waals surface area contributed by atoms with Crippen LogP contribution >= 0.6 is 11.8 Å². The zero-order valence-corrected chi connectivity index (χ0v) is 13.0. The number of ether oxygens (including phenoxy) is 1. The van der Waals surface area contributed by atoms with Crippen molar-refractivity contribution in [2.24, 2.45) is 0 Å². The van der Waals surface area contributed by atoms with E-state index >= 15 is 0 Å². The monoisotopic (exact) mass is 314 g/mol. The van der Waals surface area contributed by atoms with Crippen LogP contribution in [0.5, 0.6) is 0 Å². The summed E-state index contributed by atoms with van der Waals surface area (Å²) >= 11 is 1.85. The highest BCUT2D eigenvalue weighted by Gasteiger charge is 2.53. The minimum Gasteiger partial charge on any atom is -0.378 e. The summed E-state index contributed by atoms with van der Waals surface area (Å²) in [5.74, 6) is 0.967. The lowest BCUT2D eigenvalue weighted by Gasteiger charge is -2.46. The van der Waals surface area contributed by atoms with Gasteiger partial charge in [-0.25, -0.2) is 8.42 Å². The quantitative estimate of drug-likeness (QED) is 0.840. The van der Waals surface area contributed by atoms with E-state index in [2.05, 4.69) is 4.98 Å². The highest BCUT2D eigenvalue weighted by atomic mass is 32.2. The van der Waals surface area contributed by atoms with Crippen LogP contribution in [0.1, 0.15) is 13.3 Å². The first-order valence-corrected chi connectivity index (χ1v) is 9.14. The van der Waals surface area contributed by atoms with E-state index in [-0.39, 0.29) is 15.7 Å². The van der Waals surface area contributed by atoms with Crippen LogP contribution in [0.15, 0.2) is 29.4 Å². The zero-order chi connectivity index (χ0) is 14.2. The maximum absolute atomic E-state index is 12.4. The number of nitrogens with zero attached hydrogens (tertiary/aromatic N) is 2. The minimum atomic E-state index is -3.38. The molecule has 5 nitrogen and oxygen atoms in total. The second kappa shape index (κ2) is 5.29. The molecule has 110 valence electrons. The molecule has 0 aliphatic carbocycles. The van der Waals surface area contributed by atoms with Gasteiger partial charge < -0.3 is 4.74 Å². The molecule has 0 amide bonds. The van der Waals surface area contributed by atoms with Gasteiger partial charge in [-0.2, -0.15) is 4.31 Å². The van der Waals surface area contributed by atoms with Gasteiger partial charge in [0.2, 0.25) is 10.0 Å². The third-order valence-corrected chi connectivity index (χ3v) is 7.13. The van der Waals surface area contributed by atoms with Crippen molar-refractivity contribution in [3.05, 3.63) is 24.5 Å². The van der Waals surface area contributed by atoms with Crippen molar-refractivity contribution in [2.45, 2.75) is 29.1 Å². The normalized spacial score (nSPS) is 25.8. The Bertz CT molecular complexity index is 571. The van der Waals surface area contributed by atoms with Crippen molar-refractivity contribution in [2.75, 3.05) is 25.4 Å². The van der Waals surface area contributed by atoms with Gasteiger partial charge >= 0.3 is 0 Å². The molecule has 0 radical (unpaired) electrons. The lowest BCUT2D eigenvalue weighted by atomic mass is 9.95. The third kappa shape index (κ3) is 2.47. The van der Waals surface area contributed by atoms with E-state index in [4.69, 9.17) is 4.74 Å². The molecule has 2 aliphatic heterocycles. The van der Waals surface area contributed by atoms with E-state index in [1.165, 1.54) is 6.20 Å². The summed E-state index contributed by atoms with van der Waals surface area (Å²) in [6.45, 7) is 3.88. The van der Waals surface area contributed by atoms with Crippen LogP contribution < -0.4 is 0 Å². The van der Waals surface area contributed by atoms with Crippen molar-refractivity contribution in [3.8, 4) is 0 Å². The molecule has 0 aromatic carbocycles. The standard InChI is InChI=1S/C13H18N2O3S2/c1-2-18-11-6-13(19-8-11)9-15(10-13)20(16,17)12-4-3-5-14-7-12/h3-5,7,11H,2,6,8-10H2,1H3/t11-/m0/s1. The molecule has 0 N–H and O–H groups in total. The Morgan fingerprint density at radius 1 is 1.55 bits per heavy atom. The molecule has 3 rings (SSSR count). The lowest BCUT2D eigenvalue weighted by molar-refractivity contribution is 0.0598. The molecular formula is C13H18N2O3S2. The zero-order valence-electron chi connectivity index (χ0n) is 11.4. The maximum Gasteiger partial charge on any atom is 0.244 e. The first-order chi connectivity index (χ1) is 9.56. The van der Waals surface area contributed by atoms with Gasteiger partial charge in [0.15, 0.2) is 0 Å². The molecule has 2 aliphatic rings. The van der Waals surface area contributed by atoms with E-state index in [1.54, 1.807) is 22.6 Å². The highest BCUT2D eigenvalue weighted by Crippen LogP contribution is 2.47. The number of thioether (sulfide) groups is 1. The molecule has 2 fully saturated rings. The van der Waals surface area contributed by atoms with Crippen molar-refractivity contribution in [1.82, 2.24) is 9.29 Å². The average Bonchev–Trinajstić information content (AvgIpc) is 2.83. The molecule has 2 saturated heterocycles. The van der Waals surface area contributed by atoms with Crippen molar-refractivity contribution < 1.29 is 13.2 Å². The Hall–Kier alpha value is -0.630. The van der Waals surface area contributed by atoms with Gasteiger partial charge in [-0.3, -0.25) is 4.98 Å². The van der Waals surface area contributed by atoms with E-state index in [0.29, 0.717) is 13.1 Å². The summed E-state index contributed by atoms with van der Waals surface area (Å²) < 4.78 is 32.1. The number of aromatic nitrogens is 1. The SMILES string of the molecule is CCO[C@@H]1CSC2(C1)CN(S(=O)(=O)c1cccnc1)C2. The first kappa shape index (κ1) is 14.3. The van der Waals surface area contributed by atoms with Gasteiger partial charge in [-0.15, -0.1) is 11.8 Å². The Labute approximate surface area is 123 Å². The minimum absolute atomic E-state index is 0.0646. The van der Waals surface area contributed by atoms with Gasteiger partial charge in [0.05, 0.1) is 6.10 Å². The van der Waals surface area contributed by atoms with Gasteiger partial charge in [0.25, 0.3) is 0 Å². The summed E-state index contributed by atoms with van der Waals surface area (Å²) in [5.41, 5.74) is 0. The van der Waals surface area contributed by atoms with E-state index in [9.17, 15) is 8.42 Å². The number of pyridine rings is 1. The smallest absolute Gasteiger partial charge is 0.244 e. The molecule has 3 heterocycles. The molecule has 1 atom stereocenters. The molecule has 1 spiro atoms. The predicted octanol–water partition coefficient (Wildman–Crippen LogP) is 1.37. The summed E-state index contributed by atoms with van der Waals surface area (Å²) in [6.07, 6.45) is 4.21. The Kier molecular flexibility index (Phi) is 3.79. The Morgan fingerprint density at radius 3 is 3.00 bits per heavy atom. The van der Waals surface area contributed by atoms with Crippen LogP contribution in [0.3, 0.4) is 0 Å². The fourth-order valence-corrected chi connectivity index (χ4v) is 6.07. The van der Waals surface area contributed by atoms with Crippen LogP contribution in [-0.4, -0.2) is 54.0 Å². The van der Waals surface area contributed by atoms with Gasteiger partial charge in [-0.05, 0) is 25.5 Å². The van der Waals surface area contributed by atoms with Crippen molar-refractivity contribution >= 4 is 21.8 Å². The molecule has 20 heavy (non-hydrogen) atoms. The number of sulfonamides is 1. The van der Waals surface area contributed by atoms with Crippen LogP contribution in [-0.2, 0) is 14.8 Å². The largest absolute Gasteiger partial charge is 0.378 e. The molecule has 7 heteroatoms. The molecule has 1 aromatic heterocycles. The lowest BCUT2D eigenvalue weighted by Crippen LogP contribution is -2.60. The maximum atomic E-state index is 12.4. The summed E-state index contributed by atoms with van der Waals surface area (Å²) in [5, 5.41) is 0. The fraction of sp³-hybridized carbons (Fsp3) is 0.615. The predicted molar refractivity (Wildman–Crippen MR) is 78.2 cm³/mol. The Morgan fingerprint density at radius 2 is 2.35 bits per heavy atom. The topological polar surface area (TPSA) is 59.5 Å². The second-order valence-electron chi connectivity index (χ2n) is 5.24. The van der Waals surface area contributed by atoms with Crippen molar-refractivity contribution in [1.29, 1.82) is 0 Å². The molecule has 1 aromatic rings. The van der Waals surface area contributed by atoms with E-state index in [0.717, 1.165) is 18.8 Å². The molecular weight excluding hydrogens is 296 g/mol. The average molecular weight is 314 g/mol. The van der Waals surface area contributed by atoms with Crippen LogP contribution in [0.4, 0.5) is 0 Å².